The summed E-state index contributed by atoms with van der Waals surface area (Å²) in [4.78, 5) is 0.0683. The average molecular weight is 388 g/mol. The number of benzene rings is 2. The number of rotatable bonds is 6. The van der Waals surface area contributed by atoms with E-state index in [4.69, 9.17) is 4.74 Å². The van der Waals surface area contributed by atoms with Gasteiger partial charge in [-0.15, -0.1) is 0 Å². The van der Waals surface area contributed by atoms with Crippen LogP contribution in [-0.4, -0.2) is 31.7 Å². The molecule has 6 nitrogen and oxygen atoms in total. The molecule has 0 aliphatic heterocycles. The zero-order chi connectivity index (χ0) is 19.8. The van der Waals surface area contributed by atoms with E-state index in [2.05, 4.69) is 4.72 Å². The van der Waals surface area contributed by atoms with Crippen LogP contribution in [0, 0.1) is 13.8 Å². The minimum atomic E-state index is -3.82. The molecule has 0 bridgehead atoms. The van der Waals surface area contributed by atoms with E-state index in [0.717, 1.165) is 22.0 Å². The summed E-state index contributed by atoms with van der Waals surface area (Å²) < 4.78 is 35.1. The Balaban J connectivity index is 1.81. The van der Waals surface area contributed by atoms with Crippen LogP contribution in [0.4, 0.5) is 0 Å². The van der Waals surface area contributed by atoms with Crippen molar-refractivity contribution >= 4 is 20.9 Å². The van der Waals surface area contributed by atoms with Crippen molar-refractivity contribution < 1.29 is 18.3 Å². The lowest BCUT2D eigenvalue weighted by Crippen LogP contribution is -2.29. The van der Waals surface area contributed by atoms with Crippen LogP contribution in [0.1, 0.15) is 22.8 Å². The van der Waals surface area contributed by atoms with E-state index in [-0.39, 0.29) is 17.2 Å². The highest BCUT2D eigenvalue weighted by Gasteiger charge is 2.22. The number of aromatic nitrogens is 1. The Labute approximate surface area is 159 Å². The Kier molecular flexibility index (Phi) is 5.28. The van der Waals surface area contributed by atoms with E-state index in [1.807, 2.05) is 49.9 Å². The smallest absolute Gasteiger partial charge is 0.244 e. The lowest BCUT2D eigenvalue weighted by Gasteiger charge is -2.16. The van der Waals surface area contributed by atoms with Crippen LogP contribution in [0.2, 0.25) is 0 Å². The van der Waals surface area contributed by atoms with Gasteiger partial charge in [0.1, 0.15) is 10.6 Å². The average Bonchev–Trinajstić information content (AvgIpc) is 3.02. The van der Waals surface area contributed by atoms with Gasteiger partial charge < -0.3 is 14.4 Å². The van der Waals surface area contributed by atoms with Crippen LogP contribution >= 0.6 is 0 Å². The molecule has 2 N–H and O–H groups in total. The van der Waals surface area contributed by atoms with Crippen LogP contribution in [0.5, 0.6) is 5.75 Å². The molecule has 144 valence electrons. The molecule has 7 heteroatoms. The number of aryl methyl sites for hydroxylation is 3. The van der Waals surface area contributed by atoms with E-state index in [0.29, 0.717) is 5.56 Å². The highest BCUT2D eigenvalue weighted by molar-refractivity contribution is 7.89. The van der Waals surface area contributed by atoms with E-state index < -0.39 is 16.1 Å². The molecule has 0 amide bonds. The molecule has 1 atom stereocenters. The third-order valence-corrected chi connectivity index (χ3v) is 6.28. The predicted molar refractivity (Wildman–Crippen MR) is 106 cm³/mol. The van der Waals surface area contributed by atoms with Gasteiger partial charge in [0.2, 0.25) is 10.0 Å². The number of nitrogens with one attached hydrogen (secondary N) is 1. The summed E-state index contributed by atoms with van der Waals surface area (Å²) in [5, 5.41) is 11.5. The summed E-state index contributed by atoms with van der Waals surface area (Å²) in [6.07, 6.45) is 0.983. The fraction of sp³-hybridized carbons (Fsp3) is 0.300. The normalized spacial score (nSPS) is 13.1. The summed E-state index contributed by atoms with van der Waals surface area (Å²) in [5.41, 5.74) is 3.50. The zero-order valence-electron chi connectivity index (χ0n) is 15.9. The summed E-state index contributed by atoms with van der Waals surface area (Å²) in [6.45, 7) is 3.61. The molecule has 1 aromatic heterocycles. The Morgan fingerprint density at radius 3 is 2.56 bits per heavy atom. The molecule has 27 heavy (non-hydrogen) atoms. The highest BCUT2D eigenvalue weighted by atomic mass is 32.2. The van der Waals surface area contributed by atoms with Crippen LogP contribution in [0.25, 0.3) is 10.9 Å². The zero-order valence-corrected chi connectivity index (χ0v) is 16.7. The maximum Gasteiger partial charge on any atom is 0.244 e. The molecule has 0 saturated heterocycles. The third-order valence-electron chi connectivity index (χ3n) is 4.83. The van der Waals surface area contributed by atoms with Gasteiger partial charge in [-0.2, -0.15) is 0 Å². The Hall–Kier alpha value is -2.35. The number of hydrogen-bond donors (Lipinski definition) is 2. The van der Waals surface area contributed by atoms with Gasteiger partial charge in [0, 0.05) is 25.3 Å². The first kappa shape index (κ1) is 19.4. The molecule has 2 aromatic carbocycles. The lowest BCUT2D eigenvalue weighted by molar-refractivity contribution is 0.182. The van der Waals surface area contributed by atoms with E-state index in [1.165, 1.54) is 7.11 Å². The monoisotopic (exact) mass is 388 g/mol. The minimum Gasteiger partial charge on any atom is -0.495 e. The van der Waals surface area contributed by atoms with Gasteiger partial charge in [-0.3, -0.25) is 0 Å². The molecule has 1 unspecified atom stereocenters. The number of aliphatic hydroxyl groups is 1. The van der Waals surface area contributed by atoms with Crippen molar-refractivity contribution in [2.45, 2.75) is 24.8 Å². The fourth-order valence-corrected chi connectivity index (χ4v) is 4.30. The first-order valence-electron chi connectivity index (χ1n) is 8.61. The predicted octanol–water partition coefficient (Wildman–Crippen LogP) is 2.82. The first-order chi connectivity index (χ1) is 12.7. The van der Waals surface area contributed by atoms with Crippen molar-refractivity contribution in [3.8, 4) is 5.75 Å². The standard InChI is InChI=1S/C20H24N2O4S/c1-13-9-19(26-4)20(10-14(13)2)27(24,25)21-12-18(23)16-5-6-17-15(11-16)7-8-22(17)3/h5-11,18,21,23H,12H2,1-4H3. The van der Waals surface area contributed by atoms with Crippen LogP contribution in [-0.2, 0) is 17.1 Å². The third kappa shape index (κ3) is 3.85. The van der Waals surface area contributed by atoms with Gasteiger partial charge in [-0.05, 0) is 66.3 Å². The number of aliphatic hydroxyl groups excluding tert-OH is 1. The fourth-order valence-electron chi connectivity index (χ4n) is 3.02. The van der Waals surface area contributed by atoms with Crippen LogP contribution in [0.15, 0.2) is 47.5 Å². The number of nitrogens with zero attached hydrogens (tertiary/aromatic N) is 1. The van der Waals surface area contributed by atoms with Crippen LogP contribution in [0.3, 0.4) is 0 Å². The SMILES string of the molecule is COc1cc(C)c(C)cc1S(=O)(=O)NCC(O)c1ccc2c(ccn2C)c1. The first-order valence-corrected chi connectivity index (χ1v) is 10.1. The number of hydrogen-bond acceptors (Lipinski definition) is 4. The summed E-state index contributed by atoms with van der Waals surface area (Å²) in [5.74, 6) is 0.283. The summed E-state index contributed by atoms with van der Waals surface area (Å²) >= 11 is 0. The Morgan fingerprint density at radius 2 is 1.85 bits per heavy atom. The summed E-state index contributed by atoms with van der Waals surface area (Å²) in [7, 11) is -0.437. The van der Waals surface area contributed by atoms with Crippen molar-refractivity contribution in [3.63, 3.8) is 0 Å². The lowest BCUT2D eigenvalue weighted by atomic mass is 10.1. The van der Waals surface area contributed by atoms with Gasteiger partial charge in [-0.1, -0.05) is 6.07 Å². The maximum atomic E-state index is 12.7. The molecule has 0 aliphatic carbocycles. The topological polar surface area (TPSA) is 80.6 Å². The quantitative estimate of drug-likeness (QED) is 0.680. The number of methoxy groups -OCH3 is 1. The molecule has 3 rings (SSSR count). The van der Waals surface area contributed by atoms with E-state index >= 15 is 0 Å². The number of sulfonamides is 1. The van der Waals surface area contributed by atoms with E-state index in [1.54, 1.807) is 18.2 Å². The van der Waals surface area contributed by atoms with Gasteiger partial charge in [-0.25, -0.2) is 13.1 Å². The van der Waals surface area contributed by atoms with Gasteiger partial charge in [0.15, 0.2) is 0 Å². The van der Waals surface area contributed by atoms with Crippen molar-refractivity contribution in [2.24, 2.45) is 7.05 Å². The number of ether oxygens (including phenoxy) is 1. The van der Waals surface area contributed by atoms with Crippen molar-refractivity contribution in [3.05, 3.63) is 59.3 Å². The Bertz CT molecular complexity index is 1090. The second kappa shape index (κ2) is 7.34. The molecule has 3 aromatic rings. The maximum absolute atomic E-state index is 12.7. The number of fused-ring (bicyclic) bond motifs is 1. The van der Waals surface area contributed by atoms with E-state index in [9.17, 15) is 13.5 Å². The van der Waals surface area contributed by atoms with Crippen LogP contribution < -0.4 is 9.46 Å². The molecule has 1 heterocycles. The van der Waals surface area contributed by atoms with Gasteiger partial charge in [0.05, 0.1) is 13.2 Å². The molecule has 0 fully saturated rings. The minimum absolute atomic E-state index is 0.0683. The molecular formula is C20H24N2O4S. The van der Waals surface area contributed by atoms with Crippen molar-refractivity contribution in [2.75, 3.05) is 13.7 Å². The molecule has 0 aliphatic rings. The van der Waals surface area contributed by atoms with Gasteiger partial charge >= 0.3 is 0 Å². The largest absolute Gasteiger partial charge is 0.495 e. The van der Waals surface area contributed by atoms with Crippen molar-refractivity contribution in [1.29, 1.82) is 0 Å². The summed E-state index contributed by atoms with van der Waals surface area (Å²) in [6, 6.07) is 10.8. The highest BCUT2D eigenvalue weighted by Crippen LogP contribution is 2.27. The van der Waals surface area contributed by atoms with Gasteiger partial charge in [0.25, 0.3) is 0 Å². The second-order valence-electron chi connectivity index (χ2n) is 6.70. The second-order valence-corrected chi connectivity index (χ2v) is 8.44. The molecule has 0 spiro atoms. The Morgan fingerprint density at radius 1 is 1.15 bits per heavy atom. The molecule has 0 saturated carbocycles. The molecular weight excluding hydrogens is 364 g/mol. The van der Waals surface area contributed by atoms with Crippen molar-refractivity contribution in [1.82, 2.24) is 9.29 Å². The molecule has 0 radical (unpaired) electrons.